The van der Waals surface area contributed by atoms with E-state index in [4.69, 9.17) is 5.73 Å². The average Bonchev–Trinajstić information content (AvgIpc) is 2.43. The quantitative estimate of drug-likeness (QED) is 0.834. The highest BCUT2D eigenvalue weighted by molar-refractivity contribution is 9.10. The summed E-state index contributed by atoms with van der Waals surface area (Å²) in [7, 11) is 0. The molecule has 7 heteroatoms. The van der Waals surface area contributed by atoms with E-state index in [9.17, 15) is 18.0 Å². The SMILES string of the molecule is CCC(N)(CC)CNC(=O)c1ccc(Br)cc1C(F)(F)F. The molecule has 1 amide bonds. The third-order valence-electron chi connectivity index (χ3n) is 3.54. The molecule has 3 N–H and O–H groups in total. The van der Waals surface area contributed by atoms with Crippen molar-refractivity contribution in [3.05, 3.63) is 33.8 Å². The summed E-state index contributed by atoms with van der Waals surface area (Å²) in [5.41, 5.74) is 4.05. The predicted molar refractivity (Wildman–Crippen MR) is 79.0 cm³/mol. The third-order valence-corrected chi connectivity index (χ3v) is 4.03. The first-order chi connectivity index (χ1) is 9.63. The highest BCUT2D eigenvalue weighted by Gasteiger charge is 2.35. The molecule has 0 aliphatic rings. The van der Waals surface area contributed by atoms with E-state index in [1.807, 2.05) is 13.8 Å². The number of benzene rings is 1. The first-order valence-corrected chi connectivity index (χ1v) is 7.36. The van der Waals surface area contributed by atoms with Gasteiger partial charge in [0, 0.05) is 16.6 Å². The molecule has 0 unspecified atom stereocenters. The van der Waals surface area contributed by atoms with Crippen molar-refractivity contribution in [1.29, 1.82) is 0 Å². The Kier molecular flexibility index (Phi) is 5.81. The molecule has 0 spiro atoms. The monoisotopic (exact) mass is 366 g/mol. The summed E-state index contributed by atoms with van der Waals surface area (Å²) in [5, 5.41) is 2.49. The van der Waals surface area contributed by atoms with Crippen molar-refractivity contribution >= 4 is 21.8 Å². The lowest BCUT2D eigenvalue weighted by molar-refractivity contribution is -0.138. The molecule has 0 aliphatic heterocycles. The molecular weight excluding hydrogens is 349 g/mol. The molecule has 0 atom stereocenters. The highest BCUT2D eigenvalue weighted by Crippen LogP contribution is 2.33. The molecule has 21 heavy (non-hydrogen) atoms. The van der Waals surface area contributed by atoms with Crippen LogP contribution in [0.1, 0.15) is 42.6 Å². The Labute approximate surface area is 130 Å². The number of carbonyl (C=O) groups is 1. The van der Waals surface area contributed by atoms with E-state index < -0.39 is 28.7 Å². The maximum absolute atomic E-state index is 13.0. The summed E-state index contributed by atoms with van der Waals surface area (Å²) < 4.78 is 39.2. The van der Waals surface area contributed by atoms with Crippen LogP contribution in [0.5, 0.6) is 0 Å². The molecule has 0 aliphatic carbocycles. The Morgan fingerprint density at radius 2 is 1.86 bits per heavy atom. The normalized spacial score (nSPS) is 12.3. The number of hydrogen-bond donors (Lipinski definition) is 2. The topological polar surface area (TPSA) is 55.1 Å². The van der Waals surface area contributed by atoms with E-state index >= 15 is 0 Å². The molecule has 0 saturated carbocycles. The fourth-order valence-corrected chi connectivity index (χ4v) is 2.16. The van der Waals surface area contributed by atoms with Gasteiger partial charge in [0.1, 0.15) is 0 Å². The van der Waals surface area contributed by atoms with Gasteiger partial charge in [0.15, 0.2) is 0 Å². The van der Waals surface area contributed by atoms with Crippen molar-refractivity contribution in [3.8, 4) is 0 Å². The van der Waals surface area contributed by atoms with Crippen molar-refractivity contribution < 1.29 is 18.0 Å². The Morgan fingerprint density at radius 1 is 1.29 bits per heavy atom. The van der Waals surface area contributed by atoms with Gasteiger partial charge in [0.2, 0.25) is 0 Å². The van der Waals surface area contributed by atoms with Gasteiger partial charge in [-0.1, -0.05) is 29.8 Å². The van der Waals surface area contributed by atoms with E-state index in [1.54, 1.807) is 0 Å². The van der Waals surface area contributed by atoms with Crippen LogP contribution in [-0.4, -0.2) is 18.0 Å². The Morgan fingerprint density at radius 3 is 2.33 bits per heavy atom. The highest BCUT2D eigenvalue weighted by atomic mass is 79.9. The van der Waals surface area contributed by atoms with Crippen LogP contribution in [0.2, 0.25) is 0 Å². The second kappa shape index (κ2) is 6.79. The van der Waals surface area contributed by atoms with Crippen LogP contribution in [0, 0.1) is 0 Å². The molecule has 118 valence electrons. The van der Waals surface area contributed by atoms with Crippen LogP contribution in [0.3, 0.4) is 0 Å². The average molecular weight is 367 g/mol. The van der Waals surface area contributed by atoms with Crippen LogP contribution >= 0.6 is 15.9 Å². The van der Waals surface area contributed by atoms with Crippen LogP contribution in [0.4, 0.5) is 13.2 Å². The number of rotatable bonds is 5. The lowest BCUT2D eigenvalue weighted by Gasteiger charge is -2.27. The maximum atomic E-state index is 13.0. The zero-order valence-corrected chi connectivity index (χ0v) is 13.4. The minimum Gasteiger partial charge on any atom is -0.350 e. The van der Waals surface area contributed by atoms with E-state index in [0.29, 0.717) is 12.8 Å². The molecular formula is C14H18BrF3N2O. The summed E-state index contributed by atoms with van der Waals surface area (Å²) >= 11 is 2.98. The number of halogens is 4. The number of hydrogen-bond acceptors (Lipinski definition) is 2. The Bertz CT molecular complexity index is 513. The fourth-order valence-electron chi connectivity index (χ4n) is 1.80. The molecule has 1 rings (SSSR count). The van der Waals surface area contributed by atoms with Gasteiger partial charge in [-0.3, -0.25) is 4.79 Å². The Balaban J connectivity index is 2.98. The molecule has 1 aromatic carbocycles. The Hall–Kier alpha value is -1.08. The summed E-state index contributed by atoms with van der Waals surface area (Å²) in [6, 6.07) is 3.45. The van der Waals surface area contributed by atoms with Crippen molar-refractivity contribution in [2.45, 2.75) is 38.4 Å². The summed E-state index contributed by atoms with van der Waals surface area (Å²) in [6.07, 6.45) is -3.35. The van der Waals surface area contributed by atoms with Gasteiger partial charge in [-0.05, 0) is 31.0 Å². The van der Waals surface area contributed by atoms with Crippen LogP contribution in [-0.2, 0) is 6.18 Å². The minimum absolute atomic E-state index is 0.131. The van der Waals surface area contributed by atoms with E-state index in [2.05, 4.69) is 21.2 Å². The molecule has 1 aromatic rings. The third kappa shape index (κ3) is 4.71. The summed E-state index contributed by atoms with van der Waals surface area (Å²) in [5.74, 6) is -0.772. The van der Waals surface area contributed by atoms with E-state index in [-0.39, 0.29) is 11.0 Å². The van der Waals surface area contributed by atoms with Gasteiger partial charge in [-0.25, -0.2) is 0 Å². The number of nitrogens with two attached hydrogens (primary N) is 1. The van der Waals surface area contributed by atoms with Crippen molar-refractivity contribution in [2.24, 2.45) is 5.73 Å². The second-order valence-electron chi connectivity index (χ2n) is 4.94. The summed E-state index contributed by atoms with van der Waals surface area (Å²) in [6.45, 7) is 3.87. The number of carbonyl (C=O) groups excluding carboxylic acids is 1. The number of amides is 1. The maximum Gasteiger partial charge on any atom is 0.417 e. The predicted octanol–water partition coefficient (Wildman–Crippen LogP) is 3.72. The van der Waals surface area contributed by atoms with Crippen LogP contribution < -0.4 is 11.1 Å². The first kappa shape index (κ1) is 18.0. The first-order valence-electron chi connectivity index (χ1n) is 6.57. The molecule has 0 radical (unpaired) electrons. The van der Waals surface area contributed by atoms with Gasteiger partial charge < -0.3 is 11.1 Å². The molecule has 0 fully saturated rings. The standard InChI is InChI=1S/C14H18BrF3N2O/c1-3-13(19,4-2)8-20-12(21)10-6-5-9(15)7-11(10)14(16,17)18/h5-7H,3-4,8,19H2,1-2H3,(H,20,21). The largest absolute Gasteiger partial charge is 0.417 e. The molecule has 0 heterocycles. The molecule has 0 bridgehead atoms. The van der Waals surface area contributed by atoms with E-state index in [0.717, 1.165) is 12.1 Å². The zero-order chi connectivity index (χ0) is 16.3. The van der Waals surface area contributed by atoms with Crippen molar-refractivity contribution in [2.75, 3.05) is 6.54 Å². The van der Waals surface area contributed by atoms with Crippen LogP contribution in [0.25, 0.3) is 0 Å². The van der Waals surface area contributed by atoms with E-state index in [1.165, 1.54) is 6.07 Å². The van der Waals surface area contributed by atoms with Crippen LogP contribution in [0.15, 0.2) is 22.7 Å². The van der Waals surface area contributed by atoms with Crippen molar-refractivity contribution in [1.82, 2.24) is 5.32 Å². The van der Waals surface area contributed by atoms with Crippen molar-refractivity contribution in [3.63, 3.8) is 0 Å². The zero-order valence-electron chi connectivity index (χ0n) is 11.9. The van der Waals surface area contributed by atoms with Gasteiger partial charge >= 0.3 is 6.18 Å². The molecule has 0 saturated heterocycles. The number of alkyl halides is 3. The second-order valence-corrected chi connectivity index (χ2v) is 5.86. The van der Waals surface area contributed by atoms with Gasteiger partial charge in [0.05, 0.1) is 11.1 Å². The fraction of sp³-hybridized carbons (Fsp3) is 0.500. The lowest BCUT2D eigenvalue weighted by Crippen LogP contribution is -2.49. The van der Waals surface area contributed by atoms with Gasteiger partial charge in [-0.2, -0.15) is 13.2 Å². The lowest BCUT2D eigenvalue weighted by atomic mass is 9.94. The van der Waals surface area contributed by atoms with Gasteiger partial charge in [0.25, 0.3) is 5.91 Å². The molecule has 0 aromatic heterocycles. The van der Waals surface area contributed by atoms with Gasteiger partial charge in [-0.15, -0.1) is 0 Å². The minimum atomic E-state index is -4.59. The summed E-state index contributed by atoms with van der Waals surface area (Å²) in [4.78, 5) is 12.0. The number of nitrogens with one attached hydrogen (secondary N) is 1. The smallest absolute Gasteiger partial charge is 0.350 e. The molecule has 3 nitrogen and oxygen atoms in total.